The van der Waals surface area contributed by atoms with Crippen LogP contribution in [0.25, 0.3) is 0 Å². The van der Waals surface area contributed by atoms with Crippen LogP contribution in [0, 0.1) is 11.8 Å². The molecule has 0 aliphatic carbocycles. The first-order chi connectivity index (χ1) is 17.4. The first-order valence-corrected chi connectivity index (χ1v) is 12.9. The number of ether oxygens (including phenoxy) is 2. The van der Waals surface area contributed by atoms with Gasteiger partial charge in [0.1, 0.15) is 23.2 Å². The Hall–Kier alpha value is -2.97. The molecule has 0 radical (unpaired) electrons. The Morgan fingerprint density at radius 1 is 1.08 bits per heavy atom. The number of cyclic esters (lactones) is 1. The molecule has 2 fully saturated rings. The van der Waals surface area contributed by atoms with Crippen molar-refractivity contribution >= 4 is 17.8 Å². The number of esters is 1. The number of hydrogen-bond acceptors (Lipinski definition) is 6. The second-order valence-corrected chi connectivity index (χ2v) is 10.2. The number of amides is 2. The summed E-state index contributed by atoms with van der Waals surface area (Å²) in [6.45, 7) is 4.33. The van der Waals surface area contributed by atoms with Gasteiger partial charge in [-0.05, 0) is 31.7 Å². The highest BCUT2D eigenvalue weighted by molar-refractivity contribution is 5.99. The van der Waals surface area contributed by atoms with E-state index in [0.29, 0.717) is 25.9 Å². The molecule has 8 nitrogen and oxygen atoms in total. The monoisotopic (exact) mass is 494 g/mol. The van der Waals surface area contributed by atoms with Crippen molar-refractivity contribution in [3.8, 4) is 0 Å². The van der Waals surface area contributed by atoms with Crippen LogP contribution in [0.3, 0.4) is 0 Å². The smallest absolute Gasteiger partial charge is 0.313 e. The average Bonchev–Trinajstić information content (AvgIpc) is 3.28. The fourth-order valence-corrected chi connectivity index (χ4v) is 6.37. The fourth-order valence-electron chi connectivity index (χ4n) is 6.37. The lowest BCUT2D eigenvalue weighted by Gasteiger charge is -2.40. The van der Waals surface area contributed by atoms with Crippen LogP contribution < -0.4 is 0 Å². The molecule has 8 heteroatoms. The molecule has 1 N–H and O–H groups in total. The minimum Gasteiger partial charge on any atom is -0.465 e. The second-order valence-electron chi connectivity index (χ2n) is 10.2. The van der Waals surface area contributed by atoms with Crippen molar-refractivity contribution in [1.82, 2.24) is 9.80 Å². The van der Waals surface area contributed by atoms with Gasteiger partial charge < -0.3 is 24.4 Å². The summed E-state index contributed by atoms with van der Waals surface area (Å²) < 4.78 is 12.5. The fraction of sp³-hybridized carbons (Fsp3) is 0.536. The van der Waals surface area contributed by atoms with Gasteiger partial charge in [-0.1, -0.05) is 61.6 Å². The summed E-state index contributed by atoms with van der Waals surface area (Å²) in [5, 5.41) is 10.0. The van der Waals surface area contributed by atoms with Gasteiger partial charge in [0.15, 0.2) is 0 Å². The molecule has 5 rings (SSSR count). The average molecular weight is 495 g/mol. The van der Waals surface area contributed by atoms with Crippen LogP contribution in [-0.4, -0.2) is 75.7 Å². The van der Waals surface area contributed by atoms with Gasteiger partial charge in [0, 0.05) is 13.1 Å². The van der Waals surface area contributed by atoms with Gasteiger partial charge in [0.05, 0.1) is 25.2 Å². The molecule has 2 saturated heterocycles. The van der Waals surface area contributed by atoms with Crippen molar-refractivity contribution < 1.29 is 29.0 Å². The quantitative estimate of drug-likeness (QED) is 0.498. The number of allylic oxidation sites excluding steroid dienone is 1. The lowest BCUT2D eigenvalue weighted by molar-refractivity contribution is -0.162. The molecule has 1 unspecified atom stereocenters. The summed E-state index contributed by atoms with van der Waals surface area (Å²) in [5.74, 6) is -2.90. The molecule has 1 aromatic carbocycles. The van der Waals surface area contributed by atoms with Gasteiger partial charge >= 0.3 is 5.97 Å². The Morgan fingerprint density at radius 2 is 1.86 bits per heavy atom. The summed E-state index contributed by atoms with van der Waals surface area (Å²) in [4.78, 5) is 44.9. The summed E-state index contributed by atoms with van der Waals surface area (Å²) in [5.41, 5.74) is -1.43. The minimum atomic E-state index is -1.34. The van der Waals surface area contributed by atoms with E-state index in [-0.39, 0.29) is 25.0 Å². The van der Waals surface area contributed by atoms with Crippen LogP contribution in [0.5, 0.6) is 0 Å². The lowest BCUT2D eigenvalue weighted by atomic mass is 9.73. The van der Waals surface area contributed by atoms with E-state index in [1.54, 1.807) is 11.8 Å². The Bertz CT molecular complexity index is 1090. The summed E-state index contributed by atoms with van der Waals surface area (Å²) in [6.07, 6.45) is 9.48. The molecular weight excluding hydrogens is 460 g/mol. The molecule has 192 valence electrons. The van der Waals surface area contributed by atoms with Gasteiger partial charge in [-0.2, -0.15) is 0 Å². The van der Waals surface area contributed by atoms with Gasteiger partial charge in [-0.3, -0.25) is 14.4 Å². The Kier molecular flexibility index (Phi) is 6.51. The number of likely N-dealkylation sites (tertiary alicyclic amines) is 1. The van der Waals surface area contributed by atoms with Crippen molar-refractivity contribution in [3.63, 3.8) is 0 Å². The third-order valence-electron chi connectivity index (χ3n) is 8.11. The Balaban J connectivity index is 1.63. The van der Waals surface area contributed by atoms with Crippen LogP contribution in [0.2, 0.25) is 0 Å². The maximum atomic E-state index is 14.2. The van der Waals surface area contributed by atoms with E-state index >= 15 is 0 Å². The molecule has 4 aliphatic rings. The number of hydrogen-bond donors (Lipinski definition) is 1. The van der Waals surface area contributed by atoms with Crippen molar-refractivity contribution in [2.45, 2.75) is 62.9 Å². The van der Waals surface area contributed by atoms with E-state index in [1.165, 1.54) is 4.90 Å². The lowest BCUT2D eigenvalue weighted by Crippen LogP contribution is -2.58. The molecule has 1 aromatic rings. The molecule has 4 heterocycles. The largest absolute Gasteiger partial charge is 0.465 e. The van der Waals surface area contributed by atoms with Gasteiger partial charge in [0.2, 0.25) is 11.8 Å². The van der Waals surface area contributed by atoms with E-state index in [0.717, 1.165) is 12.0 Å². The van der Waals surface area contributed by atoms with Crippen LogP contribution in [0.1, 0.15) is 38.7 Å². The van der Waals surface area contributed by atoms with Crippen LogP contribution >= 0.6 is 0 Å². The van der Waals surface area contributed by atoms with E-state index < -0.39 is 41.1 Å². The van der Waals surface area contributed by atoms with Gasteiger partial charge in [-0.15, -0.1) is 0 Å². The number of fused-ring (bicyclic) bond motifs is 2. The molecule has 4 aliphatic heterocycles. The second kappa shape index (κ2) is 9.48. The normalized spacial score (nSPS) is 35.6. The maximum Gasteiger partial charge on any atom is 0.313 e. The highest BCUT2D eigenvalue weighted by atomic mass is 16.6. The SMILES string of the molecule is CC[C@]12/C=C\CCCOC(=O)[C@H]1[C@H]1C(=O)N([C@H](C)CO)C3C(=O)N(Cc4ccccc4)CC=C[C@@]31O2. The van der Waals surface area contributed by atoms with Crippen LogP contribution in [0.4, 0.5) is 0 Å². The highest BCUT2D eigenvalue weighted by Crippen LogP contribution is 2.58. The van der Waals surface area contributed by atoms with Crippen LogP contribution in [0.15, 0.2) is 54.6 Å². The number of carbonyl (C=O) groups excluding carboxylic acids is 3. The molecule has 0 aromatic heterocycles. The van der Waals surface area contributed by atoms with Gasteiger partial charge in [-0.25, -0.2) is 0 Å². The summed E-state index contributed by atoms with van der Waals surface area (Å²) in [7, 11) is 0. The highest BCUT2D eigenvalue weighted by Gasteiger charge is 2.75. The molecule has 1 spiro atoms. The zero-order valence-corrected chi connectivity index (χ0v) is 20.8. The standard InChI is InChI=1S/C28H34N2O6/c1-3-27-13-8-5-9-16-35-26(34)22(27)21-24(32)30(19(2)18-31)23-25(33)29(15-10-14-28(21,23)36-27)17-20-11-6-4-7-12-20/h4,6-8,10-14,19,21-23,31H,3,5,9,15-18H2,1-2H3/b13-8-/t19-,21+,22-,23?,27+,28+/m1/s1. The first-order valence-electron chi connectivity index (χ1n) is 12.9. The third-order valence-corrected chi connectivity index (χ3v) is 8.11. The topological polar surface area (TPSA) is 96.4 Å². The Labute approximate surface area is 211 Å². The Morgan fingerprint density at radius 3 is 2.58 bits per heavy atom. The molecule has 6 atom stereocenters. The van der Waals surface area contributed by atoms with Crippen molar-refractivity contribution in [2.75, 3.05) is 19.8 Å². The van der Waals surface area contributed by atoms with Gasteiger partial charge in [0.25, 0.3) is 0 Å². The number of nitrogens with zero attached hydrogens (tertiary/aromatic N) is 2. The van der Waals surface area contributed by atoms with Crippen LogP contribution in [-0.2, 0) is 30.4 Å². The molecular formula is C28H34N2O6. The number of aliphatic hydroxyl groups is 1. The maximum absolute atomic E-state index is 14.2. The minimum absolute atomic E-state index is 0.255. The van der Waals surface area contributed by atoms with E-state index in [2.05, 4.69) is 0 Å². The van der Waals surface area contributed by atoms with E-state index in [4.69, 9.17) is 9.47 Å². The number of carbonyl (C=O) groups is 3. The zero-order chi connectivity index (χ0) is 25.5. The van der Waals surface area contributed by atoms with E-state index in [9.17, 15) is 19.5 Å². The first kappa shape index (κ1) is 24.7. The summed E-state index contributed by atoms with van der Waals surface area (Å²) in [6, 6.07) is 8.06. The van der Waals surface area contributed by atoms with Crippen molar-refractivity contribution in [1.29, 1.82) is 0 Å². The molecule has 0 bridgehead atoms. The van der Waals surface area contributed by atoms with Crippen molar-refractivity contribution in [2.24, 2.45) is 11.8 Å². The predicted octanol–water partition coefficient (Wildman–Crippen LogP) is 2.22. The predicted molar refractivity (Wildman–Crippen MR) is 131 cm³/mol. The molecule has 36 heavy (non-hydrogen) atoms. The number of aliphatic hydroxyl groups excluding tert-OH is 1. The zero-order valence-electron chi connectivity index (χ0n) is 20.8. The number of rotatable bonds is 5. The molecule has 0 saturated carbocycles. The third kappa shape index (κ3) is 3.69. The molecule has 2 amide bonds. The number of benzene rings is 1. The summed E-state index contributed by atoms with van der Waals surface area (Å²) >= 11 is 0. The van der Waals surface area contributed by atoms with Crippen molar-refractivity contribution in [3.05, 3.63) is 60.2 Å². The van der Waals surface area contributed by atoms with E-state index in [1.807, 2.05) is 61.6 Å².